The third-order valence-corrected chi connectivity index (χ3v) is 4.13. The standard InChI is InChI=1S/C17H13ClF3N3O2/c1-26-14-8-10(2-7-13(14)18)16-23-22-15(9-25)24(16)12-5-3-11(4-6-12)17(19,20)21/h2-9,15,22H,1H3. The predicted molar refractivity (Wildman–Crippen MR) is 91.5 cm³/mol. The zero-order valence-electron chi connectivity index (χ0n) is 13.4. The number of carbonyl (C=O) groups excluding carboxylic acids is 1. The van der Waals surface area contributed by atoms with Gasteiger partial charge < -0.3 is 4.74 Å². The van der Waals surface area contributed by atoms with Crippen LogP contribution in [-0.2, 0) is 11.0 Å². The van der Waals surface area contributed by atoms with Crippen LogP contribution < -0.4 is 15.1 Å². The maximum Gasteiger partial charge on any atom is 0.416 e. The van der Waals surface area contributed by atoms with Gasteiger partial charge in [0.1, 0.15) is 5.75 Å². The van der Waals surface area contributed by atoms with E-state index in [1.807, 2.05) is 0 Å². The second-order valence-corrected chi connectivity index (χ2v) is 5.82. The van der Waals surface area contributed by atoms with Crippen molar-refractivity contribution in [1.29, 1.82) is 0 Å². The van der Waals surface area contributed by atoms with Crippen LogP contribution in [0, 0.1) is 0 Å². The minimum Gasteiger partial charge on any atom is -0.495 e. The normalized spacial score (nSPS) is 16.9. The molecule has 0 aliphatic carbocycles. The molecule has 1 N–H and O–H groups in total. The van der Waals surface area contributed by atoms with Crippen molar-refractivity contribution in [1.82, 2.24) is 5.43 Å². The minimum atomic E-state index is -4.44. The van der Waals surface area contributed by atoms with Gasteiger partial charge in [0.05, 0.1) is 17.7 Å². The van der Waals surface area contributed by atoms with E-state index in [1.165, 1.54) is 24.1 Å². The van der Waals surface area contributed by atoms with E-state index < -0.39 is 17.9 Å². The number of hydrogen-bond acceptors (Lipinski definition) is 5. The van der Waals surface area contributed by atoms with Crippen LogP contribution in [-0.4, -0.2) is 25.4 Å². The second-order valence-electron chi connectivity index (χ2n) is 5.41. The summed E-state index contributed by atoms with van der Waals surface area (Å²) < 4.78 is 43.5. The van der Waals surface area contributed by atoms with E-state index in [0.717, 1.165) is 12.1 Å². The van der Waals surface area contributed by atoms with Crippen LogP contribution in [0.5, 0.6) is 5.75 Å². The number of hydrazone groups is 1. The van der Waals surface area contributed by atoms with Gasteiger partial charge in [-0.25, -0.2) is 0 Å². The van der Waals surface area contributed by atoms with E-state index in [1.54, 1.807) is 18.2 Å². The van der Waals surface area contributed by atoms with Crippen LogP contribution in [0.15, 0.2) is 47.6 Å². The molecule has 1 aliphatic rings. The molecule has 136 valence electrons. The van der Waals surface area contributed by atoms with Gasteiger partial charge >= 0.3 is 6.18 Å². The third kappa shape index (κ3) is 3.32. The number of alkyl halides is 3. The molecular formula is C17H13ClF3N3O2. The van der Waals surface area contributed by atoms with Crippen LogP contribution in [0.2, 0.25) is 5.02 Å². The topological polar surface area (TPSA) is 53.9 Å². The van der Waals surface area contributed by atoms with Gasteiger partial charge in [-0.1, -0.05) is 11.6 Å². The molecule has 1 heterocycles. The van der Waals surface area contributed by atoms with Crippen molar-refractivity contribution in [3.05, 3.63) is 58.6 Å². The second kappa shape index (κ2) is 6.87. The Kier molecular flexibility index (Phi) is 4.78. The molecule has 0 fully saturated rings. The number of rotatable bonds is 4. The number of amidine groups is 1. The van der Waals surface area contributed by atoms with E-state index in [4.69, 9.17) is 16.3 Å². The van der Waals surface area contributed by atoms with Gasteiger partial charge in [0.2, 0.25) is 0 Å². The Morgan fingerprint density at radius 1 is 1.23 bits per heavy atom. The third-order valence-electron chi connectivity index (χ3n) is 3.82. The lowest BCUT2D eigenvalue weighted by molar-refractivity contribution is -0.137. The zero-order valence-corrected chi connectivity index (χ0v) is 14.2. The highest BCUT2D eigenvalue weighted by Crippen LogP contribution is 2.32. The summed E-state index contributed by atoms with van der Waals surface area (Å²) in [6.07, 6.45) is -4.67. The number of methoxy groups -OCH3 is 1. The monoisotopic (exact) mass is 383 g/mol. The molecule has 2 aromatic carbocycles. The van der Waals surface area contributed by atoms with Crippen molar-refractivity contribution in [3.63, 3.8) is 0 Å². The van der Waals surface area contributed by atoms with Crippen LogP contribution in [0.25, 0.3) is 0 Å². The molecule has 0 amide bonds. The molecule has 2 aromatic rings. The summed E-state index contributed by atoms with van der Waals surface area (Å²) >= 11 is 6.02. The van der Waals surface area contributed by atoms with Crippen molar-refractivity contribution in [3.8, 4) is 5.75 Å². The van der Waals surface area contributed by atoms with Gasteiger partial charge in [0.25, 0.3) is 0 Å². The lowest BCUT2D eigenvalue weighted by Crippen LogP contribution is -2.41. The summed E-state index contributed by atoms with van der Waals surface area (Å²) in [5, 5.41) is 4.53. The Morgan fingerprint density at radius 3 is 2.50 bits per heavy atom. The Labute approximate surface area is 152 Å². The fraction of sp³-hybridized carbons (Fsp3) is 0.176. The summed E-state index contributed by atoms with van der Waals surface area (Å²) in [6, 6.07) is 9.40. The van der Waals surface area contributed by atoms with E-state index in [-0.39, 0.29) is 0 Å². The maximum absolute atomic E-state index is 12.8. The van der Waals surface area contributed by atoms with Crippen molar-refractivity contribution in [2.75, 3.05) is 12.0 Å². The van der Waals surface area contributed by atoms with E-state index in [0.29, 0.717) is 34.1 Å². The molecule has 26 heavy (non-hydrogen) atoms. The number of hydrogen-bond donors (Lipinski definition) is 1. The smallest absolute Gasteiger partial charge is 0.416 e. The number of benzene rings is 2. The number of aldehydes is 1. The first-order valence-electron chi connectivity index (χ1n) is 7.44. The number of halogens is 4. The van der Waals surface area contributed by atoms with E-state index in [2.05, 4.69) is 10.5 Å². The van der Waals surface area contributed by atoms with Crippen molar-refractivity contribution in [2.24, 2.45) is 5.10 Å². The zero-order chi connectivity index (χ0) is 18.9. The van der Waals surface area contributed by atoms with Gasteiger partial charge in [-0.2, -0.15) is 18.3 Å². The van der Waals surface area contributed by atoms with Crippen LogP contribution in [0.3, 0.4) is 0 Å². The Balaban J connectivity index is 2.00. The summed E-state index contributed by atoms with van der Waals surface area (Å²) in [4.78, 5) is 12.9. The first-order chi connectivity index (χ1) is 12.3. The van der Waals surface area contributed by atoms with E-state index >= 15 is 0 Å². The van der Waals surface area contributed by atoms with Gasteiger partial charge in [-0.15, -0.1) is 0 Å². The lowest BCUT2D eigenvalue weighted by atomic mass is 10.1. The molecule has 1 atom stereocenters. The summed E-state index contributed by atoms with van der Waals surface area (Å²) in [5.74, 6) is 0.769. The average Bonchev–Trinajstić information content (AvgIpc) is 3.05. The fourth-order valence-electron chi connectivity index (χ4n) is 2.56. The highest BCUT2D eigenvalue weighted by molar-refractivity contribution is 6.32. The number of ether oxygens (including phenoxy) is 1. The highest BCUT2D eigenvalue weighted by Gasteiger charge is 2.33. The molecule has 0 spiro atoms. The van der Waals surface area contributed by atoms with Gasteiger partial charge in [0, 0.05) is 11.3 Å². The maximum atomic E-state index is 12.8. The molecule has 0 saturated carbocycles. The largest absolute Gasteiger partial charge is 0.495 e. The number of nitrogens with zero attached hydrogens (tertiary/aromatic N) is 2. The molecule has 0 bridgehead atoms. The molecule has 1 unspecified atom stereocenters. The molecule has 1 aliphatic heterocycles. The Bertz CT molecular complexity index is 853. The molecule has 5 nitrogen and oxygen atoms in total. The van der Waals surface area contributed by atoms with Crippen LogP contribution >= 0.6 is 11.6 Å². The number of anilines is 1. The first kappa shape index (κ1) is 18.1. The first-order valence-corrected chi connectivity index (χ1v) is 7.82. The molecule has 0 saturated heterocycles. The van der Waals surface area contributed by atoms with Crippen molar-refractivity contribution in [2.45, 2.75) is 12.3 Å². The fourth-order valence-corrected chi connectivity index (χ4v) is 2.75. The summed E-state index contributed by atoms with van der Waals surface area (Å²) in [6.45, 7) is 0. The molecular weight excluding hydrogens is 371 g/mol. The summed E-state index contributed by atoms with van der Waals surface area (Å²) in [7, 11) is 1.46. The lowest BCUT2D eigenvalue weighted by Gasteiger charge is -2.24. The Morgan fingerprint density at radius 2 is 1.92 bits per heavy atom. The molecule has 9 heteroatoms. The van der Waals surface area contributed by atoms with Crippen LogP contribution in [0.1, 0.15) is 11.1 Å². The SMILES string of the molecule is COc1cc(C2=NNC(C=O)N2c2ccc(C(F)(F)F)cc2)ccc1Cl. The minimum absolute atomic E-state index is 0.358. The predicted octanol–water partition coefficient (Wildman–Crippen LogP) is 3.66. The molecule has 0 radical (unpaired) electrons. The molecule has 3 rings (SSSR count). The van der Waals surface area contributed by atoms with E-state index in [9.17, 15) is 18.0 Å². The van der Waals surface area contributed by atoms with Gasteiger partial charge in [-0.3, -0.25) is 15.1 Å². The van der Waals surface area contributed by atoms with Crippen molar-refractivity contribution < 1.29 is 22.7 Å². The quantitative estimate of drug-likeness (QED) is 0.819. The number of nitrogens with one attached hydrogen (secondary N) is 1. The Hall–Kier alpha value is -2.74. The highest BCUT2D eigenvalue weighted by atomic mass is 35.5. The van der Waals surface area contributed by atoms with Gasteiger partial charge in [0.15, 0.2) is 18.3 Å². The molecule has 0 aromatic heterocycles. The number of carbonyl (C=O) groups is 1. The van der Waals surface area contributed by atoms with Gasteiger partial charge in [-0.05, 0) is 42.5 Å². The average molecular weight is 384 g/mol. The van der Waals surface area contributed by atoms with Crippen molar-refractivity contribution >= 4 is 29.4 Å². The summed E-state index contributed by atoms with van der Waals surface area (Å²) in [5.41, 5.74) is 2.84. The van der Waals surface area contributed by atoms with Crippen LogP contribution in [0.4, 0.5) is 18.9 Å².